The largest absolute Gasteiger partial charge is 0.497 e. The van der Waals surface area contributed by atoms with Gasteiger partial charge in [-0.25, -0.2) is 4.79 Å². The summed E-state index contributed by atoms with van der Waals surface area (Å²) >= 11 is 1.32. The van der Waals surface area contributed by atoms with Gasteiger partial charge in [0, 0.05) is 24.4 Å². The van der Waals surface area contributed by atoms with Crippen molar-refractivity contribution in [2.45, 2.75) is 13.3 Å². The van der Waals surface area contributed by atoms with Gasteiger partial charge < -0.3 is 19.5 Å². The normalized spacial score (nSPS) is 10.2. The van der Waals surface area contributed by atoms with Crippen LogP contribution < -0.4 is 14.8 Å². The lowest BCUT2D eigenvalue weighted by atomic mass is 10.2. The molecule has 144 valence electrons. The van der Waals surface area contributed by atoms with E-state index in [1.54, 1.807) is 18.2 Å². The number of hydrogen-bond acceptors (Lipinski definition) is 7. The first-order valence-electron chi connectivity index (χ1n) is 8.20. The summed E-state index contributed by atoms with van der Waals surface area (Å²) in [5, 5.41) is 2.70. The number of esters is 1. The summed E-state index contributed by atoms with van der Waals surface area (Å²) in [6.07, 6.45) is 0.639. The van der Waals surface area contributed by atoms with Gasteiger partial charge in [0.2, 0.25) is 11.7 Å². The van der Waals surface area contributed by atoms with Gasteiger partial charge in [-0.3, -0.25) is 9.59 Å². The first kappa shape index (κ1) is 20.4. The molecule has 0 fully saturated rings. The van der Waals surface area contributed by atoms with Crippen molar-refractivity contribution in [1.29, 1.82) is 0 Å². The maximum atomic E-state index is 12.2. The molecular formula is C19H21NO6S. The SMILES string of the molecule is COc1ccc(C(=O)OCC(=O)c2ccc(CCNC(C)=O)s2)c(OC)c1. The lowest BCUT2D eigenvalue weighted by Gasteiger charge is -2.09. The number of ether oxygens (including phenoxy) is 3. The molecule has 0 radical (unpaired) electrons. The quantitative estimate of drug-likeness (QED) is 0.522. The molecule has 8 heteroatoms. The molecule has 0 atom stereocenters. The van der Waals surface area contributed by atoms with E-state index in [1.165, 1.54) is 38.5 Å². The molecule has 0 saturated heterocycles. The average molecular weight is 391 g/mol. The molecule has 2 rings (SSSR count). The maximum Gasteiger partial charge on any atom is 0.342 e. The summed E-state index contributed by atoms with van der Waals surface area (Å²) < 4.78 is 15.4. The van der Waals surface area contributed by atoms with E-state index >= 15 is 0 Å². The Bertz CT molecular complexity index is 829. The van der Waals surface area contributed by atoms with Crippen molar-refractivity contribution in [3.8, 4) is 11.5 Å². The highest BCUT2D eigenvalue weighted by Crippen LogP contribution is 2.25. The van der Waals surface area contributed by atoms with Gasteiger partial charge in [-0.15, -0.1) is 11.3 Å². The first-order valence-corrected chi connectivity index (χ1v) is 9.01. The molecular weight excluding hydrogens is 370 g/mol. The Morgan fingerprint density at radius 2 is 1.85 bits per heavy atom. The molecule has 0 aliphatic rings. The van der Waals surface area contributed by atoms with Gasteiger partial charge >= 0.3 is 5.97 Å². The fraction of sp³-hybridized carbons (Fsp3) is 0.316. The Labute approximate surface area is 161 Å². The highest BCUT2D eigenvalue weighted by molar-refractivity contribution is 7.14. The second-order valence-electron chi connectivity index (χ2n) is 5.56. The van der Waals surface area contributed by atoms with E-state index in [0.717, 1.165) is 4.88 Å². The Morgan fingerprint density at radius 3 is 2.52 bits per heavy atom. The van der Waals surface area contributed by atoms with Crippen LogP contribution in [-0.4, -0.2) is 45.0 Å². The summed E-state index contributed by atoms with van der Waals surface area (Å²) in [4.78, 5) is 36.8. The Kier molecular flexibility index (Phi) is 7.36. The fourth-order valence-electron chi connectivity index (χ4n) is 2.27. The van der Waals surface area contributed by atoms with Crippen LogP contribution in [0, 0.1) is 0 Å². The minimum Gasteiger partial charge on any atom is -0.497 e. The zero-order valence-corrected chi connectivity index (χ0v) is 16.2. The van der Waals surface area contributed by atoms with Gasteiger partial charge in [-0.05, 0) is 30.7 Å². The standard InChI is InChI=1S/C19H21NO6S/c1-12(21)20-9-8-14-5-7-18(27-14)16(22)11-26-19(23)15-6-4-13(24-2)10-17(15)25-3/h4-7,10H,8-9,11H2,1-3H3,(H,20,21). The molecule has 0 bridgehead atoms. The number of benzene rings is 1. The summed E-state index contributed by atoms with van der Waals surface area (Å²) in [6, 6.07) is 8.22. The Hall–Kier alpha value is -2.87. The Morgan fingerprint density at radius 1 is 1.07 bits per heavy atom. The second-order valence-corrected chi connectivity index (χ2v) is 6.73. The fourth-order valence-corrected chi connectivity index (χ4v) is 3.20. The van der Waals surface area contributed by atoms with Crippen molar-refractivity contribution < 1.29 is 28.6 Å². The van der Waals surface area contributed by atoms with E-state index in [0.29, 0.717) is 29.3 Å². The lowest BCUT2D eigenvalue weighted by Crippen LogP contribution is -2.22. The van der Waals surface area contributed by atoms with Crippen molar-refractivity contribution in [1.82, 2.24) is 5.32 Å². The topological polar surface area (TPSA) is 90.9 Å². The molecule has 0 aliphatic carbocycles. The molecule has 2 aromatic rings. The van der Waals surface area contributed by atoms with Crippen LogP contribution in [0.1, 0.15) is 31.8 Å². The molecule has 27 heavy (non-hydrogen) atoms. The molecule has 1 heterocycles. The summed E-state index contributed by atoms with van der Waals surface area (Å²) in [5.41, 5.74) is 0.216. The van der Waals surface area contributed by atoms with Gasteiger partial charge in [-0.2, -0.15) is 0 Å². The van der Waals surface area contributed by atoms with Crippen LogP contribution in [0.5, 0.6) is 11.5 Å². The third-order valence-electron chi connectivity index (χ3n) is 3.64. The number of nitrogens with one attached hydrogen (secondary N) is 1. The van der Waals surface area contributed by atoms with Gasteiger partial charge in [0.15, 0.2) is 6.61 Å². The number of Topliss-reactive ketones (excluding diaryl/α,β-unsaturated/α-hetero) is 1. The molecule has 0 spiro atoms. The summed E-state index contributed by atoms with van der Waals surface area (Å²) in [5.74, 6) is -0.173. The number of amides is 1. The number of carbonyl (C=O) groups is 3. The van der Waals surface area contributed by atoms with Gasteiger partial charge in [0.05, 0.1) is 19.1 Å². The predicted molar refractivity (Wildman–Crippen MR) is 101 cm³/mol. The summed E-state index contributed by atoms with van der Waals surface area (Å²) in [7, 11) is 2.95. The monoisotopic (exact) mass is 391 g/mol. The Balaban J connectivity index is 1.92. The number of ketones is 1. The van der Waals surface area contributed by atoms with E-state index in [9.17, 15) is 14.4 Å². The van der Waals surface area contributed by atoms with E-state index in [4.69, 9.17) is 14.2 Å². The van der Waals surface area contributed by atoms with E-state index in [-0.39, 0.29) is 23.9 Å². The number of thiophene rings is 1. The molecule has 7 nitrogen and oxygen atoms in total. The predicted octanol–water partition coefficient (Wildman–Crippen LogP) is 2.48. The second kappa shape index (κ2) is 9.72. The van der Waals surface area contributed by atoms with Crippen molar-refractivity contribution in [2.75, 3.05) is 27.4 Å². The van der Waals surface area contributed by atoms with Crippen LogP contribution in [0.3, 0.4) is 0 Å². The van der Waals surface area contributed by atoms with Crippen LogP contribution in [-0.2, 0) is 16.0 Å². The van der Waals surface area contributed by atoms with Crippen LogP contribution in [0.25, 0.3) is 0 Å². The summed E-state index contributed by atoms with van der Waals surface area (Å²) in [6.45, 7) is 1.60. The molecule has 1 aromatic carbocycles. The van der Waals surface area contributed by atoms with Gasteiger partial charge in [-0.1, -0.05) is 0 Å². The molecule has 1 aromatic heterocycles. The number of hydrogen-bond donors (Lipinski definition) is 1. The smallest absolute Gasteiger partial charge is 0.342 e. The maximum absolute atomic E-state index is 12.2. The number of rotatable bonds is 9. The number of methoxy groups -OCH3 is 2. The highest BCUT2D eigenvalue weighted by Gasteiger charge is 2.17. The van der Waals surface area contributed by atoms with Crippen LogP contribution in [0.2, 0.25) is 0 Å². The van der Waals surface area contributed by atoms with E-state index in [1.807, 2.05) is 6.07 Å². The molecule has 0 unspecified atom stereocenters. The molecule has 1 N–H and O–H groups in total. The zero-order chi connectivity index (χ0) is 19.8. The van der Waals surface area contributed by atoms with Crippen molar-refractivity contribution in [2.24, 2.45) is 0 Å². The minimum absolute atomic E-state index is 0.0938. The third-order valence-corrected chi connectivity index (χ3v) is 4.83. The van der Waals surface area contributed by atoms with Crippen molar-refractivity contribution in [3.05, 3.63) is 45.6 Å². The first-order chi connectivity index (χ1) is 12.9. The third kappa shape index (κ3) is 5.82. The van der Waals surface area contributed by atoms with E-state index in [2.05, 4.69) is 5.32 Å². The van der Waals surface area contributed by atoms with Crippen molar-refractivity contribution >= 4 is 29.0 Å². The average Bonchev–Trinajstić information content (AvgIpc) is 3.13. The zero-order valence-electron chi connectivity index (χ0n) is 15.4. The minimum atomic E-state index is -0.648. The van der Waals surface area contributed by atoms with Crippen LogP contribution >= 0.6 is 11.3 Å². The van der Waals surface area contributed by atoms with Gasteiger partial charge in [0.25, 0.3) is 0 Å². The van der Waals surface area contributed by atoms with Crippen LogP contribution in [0.4, 0.5) is 0 Å². The molecule has 0 aliphatic heterocycles. The number of carbonyl (C=O) groups excluding carboxylic acids is 3. The molecule has 1 amide bonds. The lowest BCUT2D eigenvalue weighted by molar-refractivity contribution is -0.118. The van der Waals surface area contributed by atoms with Gasteiger partial charge in [0.1, 0.15) is 17.1 Å². The van der Waals surface area contributed by atoms with Crippen LogP contribution in [0.15, 0.2) is 30.3 Å². The van der Waals surface area contributed by atoms with E-state index < -0.39 is 5.97 Å². The van der Waals surface area contributed by atoms with Crippen molar-refractivity contribution in [3.63, 3.8) is 0 Å². The highest BCUT2D eigenvalue weighted by atomic mass is 32.1. The molecule has 0 saturated carbocycles.